The quantitative estimate of drug-likeness (QED) is 0.698. The largest absolute Gasteiger partial charge is 0.573 e. The van der Waals surface area contributed by atoms with E-state index in [1.165, 1.54) is 47.1 Å². The summed E-state index contributed by atoms with van der Waals surface area (Å²) in [7, 11) is 0. The molecule has 0 saturated heterocycles. The highest BCUT2D eigenvalue weighted by molar-refractivity contribution is 6.02. The molecule has 2 aromatic carbocycles. The summed E-state index contributed by atoms with van der Waals surface area (Å²) < 4.78 is 55.6. The van der Waals surface area contributed by atoms with Crippen LogP contribution in [0.5, 0.6) is 5.75 Å². The Balaban J connectivity index is 1.84. The van der Waals surface area contributed by atoms with Gasteiger partial charge in [0.05, 0.1) is 11.4 Å². The second-order valence-electron chi connectivity index (χ2n) is 5.37. The lowest BCUT2D eigenvalue weighted by molar-refractivity contribution is -0.274. The molecule has 6 nitrogen and oxygen atoms in total. The second kappa shape index (κ2) is 7.06. The third kappa shape index (κ3) is 4.40. The van der Waals surface area contributed by atoms with Gasteiger partial charge in [0, 0.05) is 0 Å². The number of carbonyl (C=O) groups excluding carboxylic acids is 1. The van der Waals surface area contributed by atoms with Crippen LogP contribution in [-0.4, -0.2) is 27.0 Å². The Hall–Kier alpha value is -3.43. The molecular formula is C17H12F4N4O2. The molecule has 140 valence electrons. The first-order chi connectivity index (χ1) is 12.7. The van der Waals surface area contributed by atoms with Crippen LogP contribution in [0.25, 0.3) is 5.69 Å². The van der Waals surface area contributed by atoms with Gasteiger partial charge in [0.1, 0.15) is 11.6 Å². The zero-order valence-electron chi connectivity index (χ0n) is 13.8. The Kier molecular flexibility index (Phi) is 4.80. The van der Waals surface area contributed by atoms with Crippen molar-refractivity contribution in [1.29, 1.82) is 0 Å². The van der Waals surface area contributed by atoms with E-state index in [4.69, 9.17) is 0 Å². The fraction of sp³-hybridized carbons (Fsp3) is 0.118. The lowest BCUT2D eigenvalue weighted by Gasteiger charge is -2.13. The van der Waals surface area contributed by atoms with Crippen molar-refractivity contribution < 1.29 is 27.1 Å². The fourth-order valence-corrected chi connectivity index (χ4v) is 2.27. The summed E-state index contributed by atoms with van der Waals surface area (Å²) in [5.74, 6) is -1.74. The fourth-order valence-electron chi connectivity index (χ4n) is 2.27. The highest BCUT2D eigenvalue weighted by atomic mass is 19.4. The molecule has 1 amide bonds. The van der Waals surface area contributed by atoms with Crippen LogP contribution in [0.1, 0.15) is 16.4 Å². The normalized spacial score (nSPS) is 11.3. The first-order valence-corrected chi connectivity index (χ1v) is 7.59. The van der Waals surface area contributed by atoms with E-state index in [-0.39, 0.29) is 11.5 Å². The first kappa shape index (κ1) is 18.4. The third-order valence-corrected chi connectivity index (χ3v) is 3.40. The van der Waals surface area contributed by atoms with Gasteiger partial charge in [-0.05, 0) is 43.3 Å². The molecule has 1 N–H and O–H groups in total. The first-order valence-electron chi connectivity index (χ1n) is 7.59. The zero-order chi connectivity index (χ0) is 19.6. The number of anilines is 1. The number of nitrogens with zero attached hydrogens (tertiary/aromatic N) is 3. The number of amides is 1. The van der Waals surface area contributed by atoms with Gasteiger partial charge in [-0.25, -0.2) is 14.1 Å². The van der Waals surface area contributed by atoms with E-state index in [1.807, 2.05) is 0 Å². The van der Waals surface area contributed by atoms with Crippen LogP contribution in [0.4, 0.5) is 23.2 Å². The molecule has 0 aliphatic heterocycles. The molecule has 0 aliphatic carbocycles. The van der Waals surface area contributed by atoms with Crippen molar-refractivity contribution in [3.63, 3.8) is 0 Å². The molecule has 27 heavy (non-hydrogen) atoms. The Labute approximate surface area is 150 Å². The van der Waals surface area contributed by atoms with Gasteiger partial charge in [-0.2, -0.15) is 0 Å². The van der Waals surface area contributed by atoms with Crippen LogP contribution in [0.2, 0.25) is 0 Å². The second-order valence-corrected chi connectivity index (χ2v) is 5.37. The Morgan fingerprint density at radius 1 is 1.11 bits per heavy atom. The number of nitrogens with one attached hydrogen (secondary N) is 1. The minimum Gasteiger partial charge on any atom is -0.404 e. The highest BCUT2D eigenvalue weighted by Crippen LogP contribution is 2.30. The van der Waals surface area contributed by atoms with Crippen LogP contribution in [0.3, 0.4) is 0 Å². The molecule has 10 heteroatoms. The molecule has 0 saturated carbocycles. The topological polar surface area (TPSA) is 69.0 Å². The number of hydrogen-bond donors (Lipinski definition) is 1. The van der Waals surface area contributed by atoms with Crippen molar-refractivity contribution in [1.82, 2.24) is 14.8 Å². The van der Waals surface area contributed by atoms with E-state index in [0.717, 1.165) is 6.07 Å². The van der Waals surface area contributed by atoms with Gasteiger partial charge in [-0.15, -0.1) is 18.3 Å². The van der Waals surface area contributed by atoms with Crippen molar-refractivity contribution in [3.05, 3.63) is 66.0 Å². The average Bonchev–Trinajstić information content (AvgIpc) is 2.98. The monoisotopic (exact) mass is 380 g/mol. The Bertz CT molecular complexity index is 968. The molecule has 0 fully saturated rings. The molecule has 0 radical (unpaired) electrons. The number of hydrogen-bond acceptors (Lipinski definition) is 4. The Morgan fingerprint density at radius 3 is 2.44 bits per heavy atom. The minimum atomic E-state index is -4.90. The van der Waals surface area contributed by atoms with Crippen LogP contribution >= 0.6 is 0 Å². The molecule has 3 aromatic rings. The van der Waals surface area contributed by atoms with Gasteiger partial charge < -0.3 is 10.1 Å². The maximum atomic E-state index is 13.0. The van der Waals surface area contributed by atoms with Gasteiger partial charge in [-0.3, -0.25) is 4.79 Å². The van der Waals surface area contributed by atoms with Crippen molar-refractivity contribution in [2.75, 3.05) is 5.32 Å². The predicted molar refractivity (Wildman–Crippen MR) is 87.1 cm³/mol. The van der Waals surface area contributed by atoms with Crippen molar-refractivity contribution in [3.8, 4) is 11.4 Å². The van der Waals surface area contributed by atoms with Crippen LogP contribution < -0.4 is 10.1 Å². The molecule has 1 heterocycles. The molecular weight excluding hydrogens is 368 g/mol. The zero-order valence-corrected chi connectivity index (χ0v) is 13.8. The van der Waals surface area contributed by atoms with Gasteiger partial charge in [0.2, 0.25) is 5.82 Å². The van der Waals surface area contributed by atoms with E-state index in [2.05, 4.69) is 20.1 Å². The summed E-state index contributed by atoms with van der Waals surface area (Å²) in [6, 6.07) is 10.4. The number of benzene rings is 2. The van der Waals surface area contributed by atoms with E-state index in [9.17, 15) is 22.4 Å². The van der Waals surface area contributed by atoms with Gasteiger partial charge in [0.15, 0.2) is 5.75 Å². The van der Waals surface area contributed by atoms with Crippen LogP contribution in [0, 0.1) is 12.7 Å². The standard InChI is InChI=1S/C17H12F4N4O2/c1-10-22-15(24-25(10)12-8-6-11(18)7-9-12)16(26)23-13-4-2-3-5-14(13)27-17(19,20)21/h2-9H,1H3,(H,23,26). The number of halogens is 4. The molecule has 3 rings (SSSR count). The summed E-state index contributed by atoms with van der Waals surface area (Å²) in [5, 5.41) is 6.31. The van der Waals surface area contributed by atoms with E-state index in [1.54, 1.807) is 6.92 Å². The maximum Gasteiger partial charge on any atom is 0.573 e. The number of alkyl halides is 3. The summed E-state index contributed by atoms with van der Waals surface area (Å²) in [6.45, 7) is 1.58. The maximum absolute atomic E-state index is 13.0. The number of rotatable bonds is 4. The van der Waals surface area contributed by atoms with Crippen LogP contribution in [0.15, 0.2) is 48.5 Å². The molecule has 1 aromatic heterocycles. The van der Waals surface area contributed by atoms with E-state index < -0.39 is 23.8 Å². The average molecular weight is 380 g/mol. The SMILES string of the molecule is Cc1nc(C(=O)Nc2ccccc2OC(F)(F)F)nn1-c1ccc(F)cc1. The summed E-state index contributed by atoms with van der Waals surface area (Å²) >= 11 is 0. The van der Waals surface area contributed by atoms with E-state index in [0.29, 0.717) is 11.5 Å². The highest BCUT2D eigenvalue weighted by Gasteiger charge is 2.32. The lowest BCUT2D eigenvalue weighted by atomic mass is 10.3. The number of para-hydroxylation sites is 2. The molecule has 0 atom stereocenters. The van der Waals surface area contributed by atoms with Gasteiger partial charge in [-0.1, -0.05) is 12.1 Å². The van der Waals surface area contributed by atoms with Crippen molar-refractivity contribution in [2.24, 2.45) is 0 Å². The minimum absolute atomic E-state index is 0.185. The third-order valence-electron chi connectivity index (χ3n) is 3.40. The van der Waals surface area contributed by atoms with Crippen LogP contribution in [-0.2, 0) is 0 Å². The van der Waals surface area contributed by atoms with Gasteiger partial charge >= 0.3 is 6.36 Å². The summed E-state index contributed by atoms with van der Waals surface area (Å²) in [4.78, 5) is 16.3. The van der Waals surface area contributed by atoms with Crippen molar-refractivity contribution >= 4 is 11.6 Å². The molecule has 0 bridgehead atoms. The smallest absolute Gasteiger partial charge is 0.404 e. The number of carbonyl (C=O) groups is 1. The summed E-state index contributed by atoms with van der Waals surface area (Å²) in [6.07, 6.45) is -4.90. The number of ether oxygens (including phenoxy) is 1. The molecule has 0 spiro atoms. The lowest BCUT2D eigenvalue weighted by Crippen LogP contribution is -2.20. The van der Waals surface area contributed by atoms with Gasteiger partial charge in [0.25, 0.3) is 5.91 Å². The predicted octanol–water partition coefficient (Wildman–Crippen LogP) is 3.87. The Morgan fingerprint density at radius 2 is 1.78 bits per heavy atom. The number of aromatic nitrogens is 3. The molecule has 0 unspecified atom stereocenters. The van der Waals surface area contributed by atoms with Crippen molar-refractivity contribution in [2.45, 2.75) is 13.3 Å². The summed E-state index contributed by atoms with van der Waals surface area (Å²) in [5.41, 5.74) is 0.289. The number of aryl methyl sites for hydroxylation is 1. The van der Waals surface area contributed by atoms with E-state index >= 15 is 0 Å². The molecule has 0 aliphatic rings.